The molecule has 0 fully saturated rings. The summed E-state index contributed by atoms with van der Waals surface area (Å²) >= 11 is 0. The summed E-state index contributed by atoms with van der Waals surface area (Å²) in [5.41, 5.74) is 0. The Morgan fingerprint density at radius 1 is 0.388 bits per heavy atom. The van der Waals surface area contributed by atoms with Crippen LogP contribution in [0.4, 0.5) is 0 Å². The van der Waals surface area contributed by atoms with Crippen LogP contribution in [0.3, 0.4) is 0 Å². The standard InChI is InChI=1S/C46H96NO2/c1-7-12-15-17-19-21-23-25-26-27-28-29-31-33-35-37-40-46(43-47(10-4,11-5)45(6)49-42-38-14-9-3)44-48-41-39-36-34-32-30-24-22-20-18-16-13-8-2/h45-46H,7-44H2,1-6H3/q+1. The molecule has 0 aliphatic carbocycles. The van der Waals surface area contributed by atoms with Gasteiger partial charge in [-0.05, 0) is 33.1 Å². The summed E-state index contributed by atoms with van der Waals surface area (Å²) in [6.07, 6.45) is 45.2. The van der Waals surface area contributed by atoms with Gasteiger partial charge in [0, 0.05) is 19.4 Å². The summed E-state index contributed by atoms with van der Waals surface area (Å²) < 4.78 is 14.0. The average Bonchev–Trinajstić information content (AvgIpc) is 3.11. The van der Waals surface area contributed by atoms with E-state index in [1.807, 2.05) is 0 Å². The molecule has 2 unspecified atom stereocenters. The van der Waals surface area contributed by atoms with Crippen molar-refractivity contribution in [2.45, 2.75) is 253 Å². The maximum Gasteiger partial charge on any atom is 0.190 e. The van der Waals surface area contributed by atoms with Gasteiger partial charge < -0.3 is 9.47 Å². The van der Waals surface area contributed by atoms with Crippen molar-refractivity contribution < 1.29 is 14.0 Å². The van der Waals surface area contributed by atoms with Crippen molar-refractivity contribution in [1.29, 1.82) is 0 Å². The molecule has 0 aromatic heterocycles. The van der Waals surface area contributed by atoms with Crippen molar-refractivity contribution in [1.82, 2.24) is 0 Å². The third-order valence-corrected chi connectivity index (χ3v) is 11.7. The number of unbranched alkanes of at least 4 members (excludes halogenated alkanes) is 28. The molecule has 0 rings (SSSR count). The van der Waals surface area contributed by atoms with Crippen molar-refractivity contribution in [3.05, 3.63) is 0 Å². The predicted octanol–water partition coefficient (Wildman–Crippen LogP) is 15.4. The molecule has 0 aromatic rings. The molecule has 0 N–H and O–H groups in total. The minimum Gasteiger partial charge on any atom is -0.381 e. The van der Waals surface area contributed by atoms with Crippen LogP contribution in [-0.4, -0.2) is 50.2 Å². The van der Waals surface area contributed by atoms with Crippen molar-refractivity contribution in [2.24, 2.45) is 5.92 Å². The molecule has 2 atom stereocenters. The topological polar surface area (TPSA) is 18.5 Å². The normalized spacial score (nSPS) is 13.3. The highest BCUT2D eigenvalue weighted by molar-refractivity contribution is 4.62. The van der Waals surface area contributed by atoms with E-state index in [4.69, 9.17) is 9.47 Å². The first-order chi connectivity index (χ1) is 24.1. The fourth-order valence-electron chi connectivity index (χ4n) is 7.93. The second kappa shape index (κ2) is 39.1. The van der Waals surface area contributed by atoms with Gasteiger partial charge in [0.15, 0.2) is 6.23 Å². The Morgan fingerprint density at radius 2 is 0.714 bits per heavy atom. The zero-order valence-electron chi connectivity index (χ0n) is 35.3. The van der Waals surface area contributed by atoms with Gasteiger partial charge in [0.2, 0.25) is 0 Å². The van der Waals surface area contributed by atoms with Crippen LogP contribution in [0.5, 0.6) is 0 Å². The fourth-order valence-corrected chi connectivity index (χ4v) is 7.93. The third-order valence-electron chi connectivity index (χ3n) is 11.7. The van der Waals surface area contributed by atoms with E-state index in [1.54, 1.807) is 0 Å². The summed E-state index contributed by atoms with van der Waals surface area (Å²) in [4.78, 5) is 0. The molecule has 3 heteroatoms. The van der Waals surface area contributed by atoms with Crippen LogP contribution in [-0.2, 0) is 9.47 Å². The molecule has 0 radical (unpaired) electrons. The summed E-state index contributed by atoms with van der Waals surface area (Å²) in [5.74, 6) is 0.644. The molecule has 49 heavy (non-hydrogen) atoms. The molecule has 0 aliphatic heterocycles. The molecular weight excluding hydrogens is 599 g/mol. The van der Waals surface area contributed by atoms with Gasteiger partial charge in [-0.25, -0.2) is 0 Å². The molecular formula is C46H96NO2+. The minimum absolute atomic E-state index is 0.275. The second-order valence-corrected chi connectivity index (χ2v) is 16.1. The quantitative estimate of drug-likeness (QED) is 0.0360. The van der Waals surface area contributed by atoms with Crippen molar-refractivity contribution >= 4 is 0 Å². The van der Waals surface area contributed by atoms with Gasteiger partial charge in [0.05, 0.1) is 32.8 Å². The molecule has 296 valence electrons. The summed E-state index contributed by atoms with van der Waals surface area (Å²) in [5, 5.41) is 0. The van der Waals surface area contributed by atoms with Crippen LogP contribution in [0.2, 0.25) is 0 Å². The third kappa shape index (κ3) is 31.2. The fraction of sp³-hybridized carbons (Fsp3) is 1.00. The highest BCUT2D eigenvalue weighted by atomic mass is 16.5. The number of hydrogen-bond donors (Lipinski definition) is 0. The van der Waals surface area contributed by atoms with Crippen LogP contribution in [0.15, 0.2) is 0 Å². The molecule has 0 aliphatic rings. The second-order valence-electron chi connectivity index (χ2n) is 16.1. The van der Waals surface area contributed by atoms with Gasteiger partial charge >= 0.3 is 0 Å². The van der Waals surface area contributed by atoms with Crippen LogP contribution in [0, 0.1) is 5.92 Å². The van der Waals surface area contributed by atoms with Crippen LogP contribution in [0.1, 0.15) is 247 Å². The van der Waals surface area contributed by atoms with Crippen LogP contribution < -0.4 is 0 Å². The first-order valence-corrected chi connectivity index (χ1v) is 23.1. The monoisotopic (exact) mass is 695 g/mol. The number of hydrogen-bond acceptors (Lipinski definition) is 2. The lowest BCUT2D eigenvalue weighted by molar-refractivity contribution is -0.969. The minimum atomic E-state index is 0.275. The van der Waals surface area contributed by atoms with E-state index in [2.05, 4.69) is 41.5 Å². The summed E-state index contributed by atoms with van der Waals surface area (Å²) in [7, 11) is 0. The Balaban J connectivity index is 4.38. The van der Waals surface area contributed by atoms with Crippen molar-refractivity contribution in [3.63, 3.8) is 0 Å². The number of ether oxygens (including phenoxy) is 2. The maximum absolute atomic E-state index is 6.49. The van der Waals surface area contributed by atoms with Gasteiger partial charge in [-0.3, -0.25) is 4.48 Å². The van der Waals surface area contributed by atoms with Gasteiger partial charge in [-0.1, -0.05) is 207 Å². The highest BCUT2D eigenvalue weighted by Gasteiger charge is 2.34. The Bertz CT molecular complexity index is 606. The molecule has 0 saturated carbocycles. The van der Waals surface area contributed by atoms with E-state index >= 15 is 0 Å². The van der Waals surface area contributed by atoms with E-state index in [1.165, 1.54) is 212 Å². The lowest BCUT2D eigenvalue weighted by Crippen LogP contribution is -2.57. The largest absolute Gasteiger partial charge is 0.381 e. The number of nitrogens with zero attached hydrogens (tertiary/aromatic N) is 1. The van der Waals surface area contributed by atoms with E-state index in [-0.39, 0.29) is 6.23 Å². The number of rotatable bonds is 42. The van der Waals surface area contributed by atoms with Crippen molar-refractivity contribution in [2.75, 3.05) is 39.5 Å². The molecule has 0 spiro atoms. The van der Waals surface area contributed by atoms with Gasteiger partial charge in [0.1, 0.15) is 0 Å². The lowest BCUT2D eigenvalue weighted by atomic mass is 9.98. The van der Waals surface area contributed by atoms with Gasteiger partial charge in [0.25, 0.3) is 0 Å². The Kier molecular flexibility index (Phi) is 39.0. The average molecular weight is 695 g/mol. The Labute approximate surface area is 311 Å². The molecule has 0 aromatic carbocycles. The highest BCUT2D eigenvalue weighted by Crippen LogP contribution is 2.23. The molecule has 0 heterocycles. The Morgan fingerprint density at radius 3 is 1.10 bits per heavy atom. The van der Waals surface area contributed by atoms with Crippen LogP contribution in [0.25, 0.3) is 0 Å². The van der Waals surface area contributed by atoms with E-state index in [0.717, 1.165) is 37.4 Å². The molecule has 0 amide bonds. The van der Waals surface area contributed by atoms with Gasteiger partial charge in [-0.2, -0.15) is 0 Å². The predicted molar refractivity (Wildman–Crippen MR) is 221 cm³/mol. The first-order valence-electron chi connectivity index (χ1n) is 23.1. The number of quaternary nitrogens is 1. The lowest BCUT2D eigenvalue weighted by Gasteiger charge is -2.43. The zero-order valence-corrected chi connectivity index (χ0v) is 35.3. The van der Waals surface area contributed by atoms with Gasteiger partial charge in [-0.15, -0.1) is 0 Å². The Hall–Kier alpha value is -0.120. The van der Waals surface area contributed by atoms with E-state index in [0.29, 0.717) is 5.92 Å². The van der Waals surface area contributed by atoms with Crippen molar-refractivity contribution in [3.8, 4) is 0 Å². The molecule has 0 bridgehead atoms. The maximum atomic E-state index is 6.49. The molecule has 0 saturated heterocycles. The zero-order chi connectivity index (χ0) is 35.9. The smallest absolute Gasteiger partial charge is 0.190 e. The summed E-state index contributed by atoms with van der Waals surface area (Å²) in [6, 6.07) is 0. The SMILES string of the molecule is CCCCCCCCCCCCCCCCCCC(COCCCCCCCCCCCCCC)C[N+](CC)(CC)C(C)OCCCCC. The first kappa shape index (κ1) is 48.9. The van der Waals surface area contributed by atoms with E-state index in [9.17, 15) is 0 Å². The van der Waals surface area contributed by atoms with Crippen LogP contribution >= 0.6 is 0 Å². The molecule has 3 nitrogen and oxygen atoms in total. The van der Waals surface area contributed by atoms with E-state index < -0.39 is 0 Å². The summed E-state index contributed by atoms with van der Waals surface area (Å²) in [6.45, 7) is 20.3.